The van der Waals surface area contributed by atoms with Gasteiger partial charge in [0.25, 0.3) is 5.95 Å². The van der Waals surface area contributed by atoms with Gasteiger partial charge in [0.1, 0.15) is 5.75 Å². The lowest BCUT2D eigenvalue weighted by atomic mass is 10.1. The molecule has 0 radical (unpaired) electrons. The highest BCUT2D eigenvalue weighted by Crippen LogP contribution is 2.24. The molecule has 21 heavy (non-hydrogen) atoms. The Morgan fingerprint density at radius 2 is 1.57 bits per heavy atom. The molecule has 0 fully saturated rings. The molecule has 0 N–H and O–H groups in total. The normalized spacial score (nSPS) is 10.3. The van der Waals surface area contributed by atoms with Gasteiger partial charge in [-0.15, -0.1) is 0 Å². The zero-order valence-corrected chi connectivity index (χ0v) is 11.4. The van der Waals surface area contributed by atoms with Gasteiger partial charge in [-0.25, -0.2) is 0 Å². The number of carbonyl (C=O) groups excluding carboxylic acids is 1. The number of ether oxygens (including phenoxy) is 1. The van der Waals surface area contributed by atoms with E-state index in [1.54, 1.807) is 12.1 Å². The lowest BCUT2D eigenvalue weighted by Gasteiger charge is -2.05. The fourth-order valence-electron chi connectivity index (χ4n) is 2.08. The number of hydrogen-bond donors (Lipinski definition) is 0. The van der Waals surface area contributed by atoms with Gasteiger partial charge in [-0.1, -0.05) is 42.5 Å². The SMILES string of the molecule is O=Cc1ccc(Oc2ccc(Cc3ccccc3)cc2)o1. The molecule has 3 aromatic rings. The molecule has 0 aliphatic rings. The Balaban J connectivity index is 1.67. The van der Waals surface area contributed by atoms with Crippen LogP contribution < -0.4 is 4.74 Å². The van der Waals surface area contributed by atoms with E-state index in [2.05, 4.69) is 12.1 Å². The summed E-state index contributed by atoms with van der Waals surface area (Å²) in [5.74, 6) is 1.25. The summed E-state index contributed by atoms with van der Waals surface area (Å²) in [4.78, 5) is 10.5. The van der Waals surface area contributed by atoms with Crippen molar-refractivity contribution < 1.29 is 13.9 Å². The largest absolute Gasteiger partial charge is 0.426 e. The van der Waals surface area contributed by atoms with E-state index in [0.717, 1.165) is 6.42 Å². The minimum absolute atomic E-state index is 0.255. The van der Waals surface area contributed by atoms with Crippen LogP contribution in [0.5, 0.6) is 11.7 Å². The number of benzene rings is 2. The molecule has 2 aromatic carbocycles. The molecule has 0 atom stereocenters. The van der Waals surface area contributed by atoms with Crippen molar-refractivity contribution in [2.75, 3.05) is 0 Å². The lowest BCUT2D eigenvalue weighted by molar-refractivity contribution is 0.109. The van der Waals surface area contributed by atoms with Crippen LogP contribution >= 0.6 is 0 Å². The smallest absolute Gasteiger partial charge is 0.290 e. The number of hydrogen-bond acceptors (Lipinski definition) is 3. The molecule has 0 aliphatic heterocycles. The maximum absolute atomic E-state index is 10.5. The highest BCUT2D eigenvalue weighted by Gasteiger charge is 2.04. The van der Waals surface area contributed by atoms with E-state index in [1.165, 1.54) is 11.1 Å². The van der Waals surface area contributed by atoms with Crippen molar-refractivity contribution >= 4 is 6.29 Å². The van der Waals surface area contributed by atoms with Gasteiger partial charge in [-0.05, 0) is 35.7 Å². The van der Waals surface area contributed by atoms with Gasteiger partial charge in [0, 0.05) is 6.07 Å². The van der Waals surface area contributed by atoms with Crippen LogP contribution in [-0.4, -0.2) is 6.29 Å². The summed E-state index contributed by atoms with van der Waals surface area (Å²) in [7, 11) is 0. The van der Waals surface area contributed by atoms with Crippen LogP contribution in [-0.2, 0) is 6.42 Å². The standard InChI is InChI=1S/C18H14O3/c19-13-17-10-11-18(21-17)20-16-8-6-15(7-9-16)12-14-4-2-1-3-5-14/h1-11,13H,12H2. The number of furan rings is 1. The van der Waals surface area contributed by atoms with Gasteiger partial charge in [-0.2, -0.15) is 0 Å². The van der Waals surface area contributed by atoms with Crippen LogP contribution in [0, 0.1) is 0 Å². The summed E-state index contributed by atoms with van der Waals surface area (Å²) >= 11 is 0. The summed E-state index contributed by atoms with van der Waals surface area (Å²) in [6.07, 6.45) is 1.53. The first kappa shape index (κ1) is 13.2. The minimum atomic E-state index is 0.255. The van der Waals surface area contributed by atoms with Gasteiger partial charge in [-0.3, -0.25) is 4.79 Å². The van der Waals surface area contributed by atoms with Crippen molar-refractivity contribution in [3.63, 3.8) is 0 Å². The van der Waals surface area contributed by atoms with Gasteiger partial charge >= 0.3 is 0 Å². The molecule has 0 spiro atoms. The third-order valence-corrected chi connectivity index (χ3v) is 3.11. The predicted octanol–water partition coefficient (Wildman–Crippen LogP) is 4.48. The Kier molecular flexibility index (Phi) is 3.83. The van der Waals surface area contributed by atoms with Crippen molar-refractivity contribution in [2.24, 2.45) is 0 Å². The average Bonchev–Trinajstić information content (AvgIpc) is 2.98. The molecular weight excluding hydrogens is 264 g/mol. The zero-order chi connectivity index (χ0) is 14.5. The molecular formula is C18H14O3. The summed E-state index contributed by atoms with van der Waals surface area (Å²) in [6.45, 7) is 0. The first-order chi connectivity index (χ1) is 10.3. The summed E-state index contributed by atoms with van der Waals surface area (Å²) in [5.41, 5.74) is 2.48. The zero-order valence-electron chi connectivity index (χ0n) is 11.4. The summed E-state index contributed by atoms with van der Waals surface area (Å²) in [6, 6.07) is 21.3. The molecule has 0 bridgehead atoms. The first-order valence-corrected chi connectivity index (χ1v) is 6.69. The predicted molar refractivity (Wildman–Crippen MR) is 79.9 cm³/mol. The van der Waals surface area contributed by atoms with Crippen LogP contribution in [0.2, 0.25) is 0 Å². The Bertz CT molecular complexity index is 712. The quantitative estimate of drug-likeness (QED) is 0.646. The Hall–Kier alpha value is -2.81. The van der Waals surface area contributed by atoms with Gasteiger partial charge in [0.05, 0.1) is 0 Å². The van der Waals surface area contributed by atoms with Gasteiger partial charge in [0.15, 0.2) is 12.0 Å². The second kappa shape index (κ2) is 6.09. The van der Waals surface area contributed by atoms with Crippen molar-refractivity contribution in [2.45, 2.75) is 6.42 Å². The third-order valence-electron chi connectivity index (χ3n) is 3.11. The van der Waals surface area contributed by atoms with Gasteiger partial charge < -0.3 is 9.15 Å². The fraction of sp³-hybridized carbons (Fsp3) is 0.0556. The molecule has 0 amide bonds. The van der Waals surface area contributed by atoms with Crippen LogP contribution in [0.3, 0.4) is 0 Å². The van der Waals surface area contributed by atoms with Crippen molar-refractivity contribution in [3.8, 4) is 11.7 Å². The monoisotopic (exact) mass is 278 g/mol. The highest BCUT2D eigenvalue weighted by molar-refractivity contribution is 5.70. The van der Waals surface area contributed by atoms with Crippen LogP contribution in [0.1, 0.15) is 21.7 Å². The van der Waals surface area contributed by atoms with E-state index in [0.29, 0.717) is 18.0 Å². The molecule has 3 rings (SSSR count). The molecule has 0 saturated carbocycles. The maximum atomic E-state index is 10.5. The second-order valence-corrected chi connectivity index (χ2v) is 4.68. The minimum Gasteiger partial charge on any atom is -0.426 e. The Morgan fingerprint density at radius 3 is 2.24 bits per heavy atom. The van der Waals surface area contributed by atoms with E-state index in [-0.39, 0.29) is 5.76 Å². The van der Waals surface area contributed by atoms with E-state index < -0.39 is 0 Å². The molecule has 1 aromatic heterocycles. The number of rotatable bonds is 5. The average molecular weight is 278 g/mol. The van der Waals surface area contributed by atoms with E-state index >= 15 is 0 Å². The van der Waals surface area contributed by atoms with Gasteiger partial charge in [0.2, 0.25) is 0 Å². The molecule has 0 aliphatic carbocycles. The third kappa shape index (κ3) is 3.39. The van der Waals surface area contributed by atoms with Crippen LogP contribution in [0.4, 0.5) is 0 Å². The lowest BCUT2D eigenvalue weighted by Crippen LogP contribution is -1.88. The van der Waals surface area contributed by atoms with Crippen molar-refractivity contribution in [1.29, 1.82) is 0 Å². The van der Waals surface area contributed by atoms with E-state index in [1.807, 2.05) is 42.5 Å². The topological polar surface area (TPSA) is 39.4 Å². The van der Waals surface area contributed by atoms with E-state index in [9.17, 15) is 4.79 Å². The number of aldehydes is 1. The molecule has 0 unspecified atom stereocenters. The Labute approximate surface area is 122 Å². The van der Waals surface area contributed by atoms with E-state index in [4.69, 9.17) is 9.15 Å². The van der Waals surface area contributed by atoms with Crippen molar-refractivity contribution in [1.82, 2.24) is 0 Å². The fourth-order valence-corrected chi connectivity index (χ4v) is 2.08. The first-order valence-electron chi connectivity index (χ1n) is 6.69. The maximum Gasteiger partial charge on any atom is 0.290 e. The Morgan fingerprint density at radius 1 is 0.857 bits per heavy atom. The van der Waals surface area contributed by atoms with Crippen LogP contribution in [0.25, 0.3) is 0 Å². The van der Waals surface area contributed by atoms with Crippen molar-refractivity contribution in [3.05, 3.63) is 83.6 Å². The summed E-state index contributed by atoms with van der Waals surface area (Å²) in [5, 5.41) is 0. The van der Waals surface area contributed by atoms with Crippen LogP contribution in [0.15, 0.2) is 71.1 Å². The highest BCUT2D eigenvalue weighted by atomic mass is 16.6. The molecule has 3 heteroatoms. The number of carbonyl (C=O) groups is 1. The molecule has 1 heterocycles. The molecule has 0 saturated heterocycles. The molecule has 104 valence electrons. The second-order valence-electron chi connectivity index (χ2n) is 4.68. The molecule has 3 nitrogen and oxygen atoms in total. The summed E-state index contributed by atoms with van der Waals surface area (Å²) < 4.78 is 10.7.